The minimum atomic E-state index is -2.36. The molecule has 3 heteroatoms. The minimum Gasteiger partial charge on any atom is -0.311 e. The normalized spacial score (nSPS) is 34.2. The fourth-order valence-corrected chi connectivity index (χ4v) is 2.11. The van der Waals surface area contributed by atoms with E-state index in [9.17, 15) is 8.78 Å². The first-order chi connectivity index (χ1) is 4.62. The summed E-state index contributed by atoms with van der Waals surface area (Å²) >= 11 is 0. The lowest BCUT2D eigenvalue weighted by molar-refractivity contribution is -0.128. The zero-order chi connectivity index (χ0) is 7.24. The zero-order valence-corrected chi connectivity index (χ0v) is 5.79. The summed E-state index contributed by atoms with van der Waals surface area (Å²) in [4.78, 5) is 0. The molecular formula is C7H11F2N. The molecule has 10 heavy (non-hydrogen) atoms. The molecule has 0 atom stereocenters. The van der Waals surface area contributed by atoms with Crippen molar-refractivity contribution in [2.75, 3.05) is 6.54 Å². The molecule has 1 N–H and O–H groups in total. The lowest BCUT2D eigenvalue weighted by Crippen LogP contribution is -2.57. The molecule has 0 aromatic rings. The van der Waals surface area contributed by atoms with E-state index in [1.807, 2.05) is 0 Å². The lowest BCUT2D eigenvalue weighted by Gasteiger charge is -2.44. The van der Waals surface area contributed by atoms with Gasteiger partial charge in [0.25, 0.3) is 5.92 Å². The molecule has 1 aliphatic heterocycles. The molecule has 0 radical (unpaired) electrons. The van der Waals surface area contributed by atoms with E-state index >= 15 is 0 Å². The van der Waals surface area contributed by atoms with Crippen molar-refractivity contribution in [3.63, 3.8) is 0 Å². The molecule has 1 spiro atoms. The third-order valence-corrected chi connectivity index (χ3v) is 2.53. The molecule has 2 rings (SSSR count). The molecule has 1 saturated heterocycles. The SMILES string of the molecule is FC1(F)CC2(CCCN2)C1. The second-order valence-corrected chi connectivity index (χ2v) is 3.52. The lowest BCUT2D eigenvalue weighted by atomic mass is 9.73. The van der Waals surface area contributed by atoms with Gasteiger partial charge in [0.1, 0.15) is 0 Å². The molecule has 1 aliphatic carbocycles. The summed E-state index contributed by atoms with van der Waals surface area (Å²) < 4.78 is 24.8. The molecule has 58 valence electrons. The molecule has 0 bridgehead atoms. The van der Waals surface area contributed by atoms with Gasteiger partial charge in [-0.2, -0.15) is 0 Å². The van der Waals surface area contributed by atoms with Crippen molar-refractivity contribution in [1.29, 1.82) is 0 Å². The van der Waals surface area contributed by atoms with Crippen molar-refractivity contribution in [3.05, 3.63) is 0 Å². The predicted molar refractivity (Wildman–Crippen MR) is 34.1 cm³/mol. The summed E-state index contributed by atoms with van der Waals surface area (Å²) in [5.41, 5.74) is -0.149. The van der Waals surface area contributed by atoms with Crippen LogP contribution < -0.4 is 5.32 Å². The van der Waals surface area contributed by atoms with Crippen molar-refractivity contribution < 1.29 is 8.78 Å². The summed E-state index contributed by atoms with van der Waals surface area (Å²) in [7, 11) is 0. The number of rotatable bonds is 0. The van der Waals surface area contributed by atoms with E-state index in [1.54, 1.807) is 0 Å². The van der Waals surface area contributed by atoms with Crippen LogP contribution in [-0.2, 0) is 0 Å². The Bertz CT molecular complexity index is 140. The average molecular weight is 147 g/mol. The first-order valence-electron chi connectivity index (χ1n) is 3.75. The van der Waals surface area contributed by atoms with Crippen molar-refractivity contribution >= 4 is 0 Å². The van der Waals surface area contributed by atoms with E-state index in [1.165, 1.54) is 0 Å². The van der Waals surface area contributed by atoms with Gasteiger partial charge in [-0.15, -0.1) is 0 Å². The molecule has 0 unspecified atom stereocenters. The summed E-state index contributed by atoms with van der Waals surface area (Å²) in [6, 6.07) is 0. The van der Waals surface area contributed by atoms with Crippen LogP contribution in [0.25, 0.3) is 0 Å². The van der Waals surface area contributed by atoms with Crippen molar-refractivity contribution in [2.24, 2.45) is 0 Å². The second-order valence-electron chi connectivity index (χ2n) is 3.52. The van der Waals surface area contributed by atoms with Gasteiger partial charge in [-0.3, -0.25) is 0 Å². The minimum absolute atomic E-state index is 0.0694. The van der Waals surface area contributed by atoms with E-state index < -0.39 is 5.92 Å². The van der Waals surface area contributed by atoms with Crippen LogP contribution in [0.2, 0.25) is 0 Å². The molecule has 1 heterocycles. The molecule has 0 aromatic carbocycles. The molecule has 0 aromatic heterocycles. The van der Waals surface area contributed by atoms with Crippen LogP contribution in [0.15, 0.2) is 0 Å². The Hall–Kier alpha value is -0.180. The van der Waals surface area contributed by atoms with Crippen LogP contribution in [0.3, 0.4) is 0 Å². The van der Waals surface area contributed by atoms with Gasteiger partial charge in [0.05, 0.1) is 0 Å². The smallest absolute Gasteiger partial charge is 0.251 e. The van der Waals surface area contributed by atoms with E-state index in [-0.39, 0.29) is 18.4 Å². The average Bonchev–Trinajstić information content (AvgIpc) is 2.10. The Morgan fingerprint density at radius 2 is 1.90 bits per heavy atom. The van der Waals surface area contributed by atoms with Gasteiger partial charge in [-0.25, -0.2) is 8.78 Å². The number of halogens is 2. The first kappa shape index (κ1) is 6.53. The second kappa shape index (κ2) is 1.70. The summed E-state index contributed by atoms with van der Waals surface area (Å²) in [5, 5.41) is 3.15. The van der Waals surface area contributed by atoms with Crippen LogP contribution in [-0.4, -0.2) is 18.0 Å². The van der Waals surface area contributed by atoms with Crippen LogP contribution in [0.1, 0.15) is 25.7 Å². The maximum atomic E-state index is 12.4. The number of hydrogen-bond acceptors (Lipinski definition) is 1. The van der Waals surface area contributed by atoms with E-state index in [0.29, 0.717) is 0 Å². The number of hydrogen-bond donors (Lipinski definition) is 1. The highest BCUT2D eigenvalue weighted by Gasteiger charge is 2.57. The highest BCUT2D eigenvalue weighted by atomic mass is 19.3. The van der Waals surface area contributed by atoms with Crippen LogP contribution >= 0.6 is 0 Å². The maximum absolute atomic E-state index is 12.4. The van der Waals surface area contributed by atoms with E-state index in [2.05, 4.69) is 5.32 Å². The van der Waals surface area contributed by atoms with Crippen molar-refractivity contribution in [1.82, 2.24) is 5.32 Å². The van der Waals surface area contributed by atoms with Gasteiger partial charge >= 0.3 is 0 Å². The van der Waals surface area contributed by atoms with Crippen LogP contribution in [0.5, 0.6) is 0 Å². The van der Waals surface area contributed by atoms with Gasteiger partial charge in [0.2, 0.25) is 0 Å². The monoisotopic (exact) mass is 147 g/mol. The van der Waals surface area contributed by atoms with Crippen molar-refractivity contribution in [3.8, 4) is 0 Å². The highest BCUT2D eigenvalue weighted by Crippen LogP contribution is 2.49. The van der Waals surface area contributed by atoms with Gasteiger partial charge in [0, 0.05) is 18.4 Å². The molecule has 1 saturated carbocycles. The fourth-order valence-electron chi connectivity index (χ4n) is 2.11. The maximum Gasteiger partial charge on any atom is 0.251 e. The molecule has 2 fully saturated rings. The van der Waals surface area contributed by atoms with Crippen molar-refractivity contribution in [2.45, 2.75) is 37.1 Å². The van der Waals surface area contributed by atoms with E-state index in [0.717, 1.165) is 19.4 Å². The Kier molecular flexibility index (Phi) is 1.11. The van der Waals surface area contributed by atoms with E-state index in [4.69, 9.17) is 0 Å². The van der Waals surface area contributed by atoms with Gasteiger partial charge < -0.3 is 5.32 Å². The Balaban J connectivity index is 1.98. The highest BCUT2D eigenvalue weighted by molar-refractivity contribution is 5.08. The molecule has 0 amide bonds. The first-order valence-corrected chi connectivity index (χ1v) is 3.75. The number of nitrogens with one attached hydrogen (secondary N) is 1. The molecule has 1 nitrogen and oxygen atoms in total. The molecule has 2 aliphatic rings. The Labute approximate surface area is 58.8 Å². The van der Waals surface area contributed by atoms with Crippen LogP contribution in [0, 0.1) is 0 Å². The molecular weight excluding hydrogens is 136 g/mol. The summed E-state index contributed by atoms with van der Waals surface area (Å²) in [5.74, 6) is -2.36. The predicted octanol–water partition coefficient (Wildman–Crippen LogP) is 1.54. The van der Waals surface area contributed by atoms with Gasteiger partial charge in [-0.05, 0) is 19.4 Å². The summed E-state index contributed by atoms with van der Waals surface area (Å²) in [6.07, 6.45) is 2.15. The topological polar surface area (TPSA) is 12.0 Å². The number of alkyl halides is 2. The van der Waals surface area contributed by atoms with Gasteiger partial charge in [-0.1, -0.05) is 0 Å². The third-order valence-electron chi connectivity index (χ3n) is 2.53. The standard InChI is InChI=1S/C7H11F2N/c8-7(9)4-6(5-7)2-1-3-10-6/h10H,1-5H2. The largest absolute Gasteiger partial charge is 0.311 e. The Morgan fingerprint density at radius 3 is 2.30 bits per heavy atom. The third kappa shape index (κ3) is 0.839. The zero-order valence-electron chi connectivity index (χ0n) is 5.79. The van der Waals surface area contributed by atoms with Gasteiger partial charge in [0.15, 0.2) is 0 Å². The van der Waals surface area contributed by atoms with Crippen LogP contribution in [0.4, 0.5) is 8.78 Å². The Morgan fingerprint density at radius 1 is 1.20 bits per heavy atom. The quantitative estimate of drug-likeness (QED) is 0.548. The fraction of sp³-hybridized carbons (Fsp3) is 1.00. The summed E-state index contributed by atoms with van der Waals surface area (Å²) in [6.45, 7) is 0.927.